The van der Waals surface area contributed by atoms with Crippen molar-refractivity contribution in [2.75, 3.05) is 6.61 Å². The monoisotopic (exact) mass is 185 g/mol. The molecule has 0 fully saturated rings. The lowest BCUT2D eigenvalue weighted by Crippen LogP contribution is -2.38. The Labute approximate surface area is 77.3 Å². The van der Waals surface area contributed by atoms with Crippen LogP contribution in [0, 0.1) is 6.92 Å². The fraction of sp³-hybridized carbons (Fsp3) is 0.556. The van der Waals surface area contributed by atoms with Crippen LogP contribution >= 0.6 is 11.3 Å². The van der Waals surface area contributed by atoms with Crippen molar-refractivity contribution in [2.45, 2.75) is 26.3 Å². The summed E-state index contributed by atoms with van der Waals surface area (Å²) in [5.41, 5.74) is 6.76. The Morgan fingerprint density at radius 1 is 1.58 bits per heavy atom. The van der Waals surface area contributed by atoms with Gasteiger partial charge in [-0.2, -0.15) is 0 Å². The van der Waals surface area contributed by atoms with E-state index < -0.39 is 0 Å². The highest BCUT2D eigenvalue weighted by Gasteiger charge is 2.11. The van der Waals surface area contributed by atoms with Crippen LogP contribution in [-0.4, -0.2) is 12.1 Å². The maximum Gasteiger partial charge on any atom is 0.174 e. The Morgan fingerprint density at radius 3 is 2.67 bits per heavy atom. The number of hydrogen-bond donors (Lipinski definition) is 1. The van der Waals surface area contributed by atoms with E-state index in [2.05, 4.69) is 12.3 Å². The van der Waals surface area contributed by atoms with Crippen molar-refractivity contribution in [1.29, 1.82) is 0 Å². The highest BCUT2D eigenvalue weighted by molar-refractivity contribution is 7.12. The minimum absolute atomic E-state index is 0.252. The highest BCUT2D eigenvalue weighted by atomic mass is 32.1. The van der Waals surface area contributed by atoms with Crippen LogP contribution in [0.25, 0.3) is 0 Å². The van der Waals surface area contributed by atoms with Gasteiger partial charge in [0, 0.05) is 5.54 Å². The fourth-order valence-corrected chi connectivity index (χ4v) is 1.49. The second-order valence-electron chi connectivity index (χ2n) is 3.72. The van der Waals surface area contributed by atoms with Gasteiger partial charge in [0.2, 0.25) is 0 Å². The third kappa shape index (κ3) is 3.24. The van der Waals surface area contributed by atoms with Crippen molar-refractivity contribution < 1.29 is 4.74 Å². The highest BCUT2D eigenvalue weighted by Crippen LogP contribution is 2.22. The number of ether oxygens (including phenoxy) is 1. The predicted molar refractivity (Wildman–Crippen MR) is 52.8 cm³/mol. The fourth-order valence-electron chi connectivity index (χ4n) is 0.738. The maximum atomic E-state index is 5.77. The minimum atomic E-state index is -0.252. The number of hydrogen-bond acceptors (Lipinski definition) is 3. The van der Waals surface area contributed by atoms with E-state index in [1.165, 1.54) is 5.56 Å². The van der Waals surface area contributed by atoms with Crippen molar-refractivity contribution in [3.05, 3.63) is 17.0 Å². The van der Waals surface area contributed by atoms with Crippen molar-refractivity contribution in [1.82, 2.24) is 0 Å². The van der Waals surface area contributed by atoms with Crippen LogP contribution in [0.1, 0.15) is 19.4 Å². The standard InChI is InChI=1S/C9H15NOS/c1-7-4-8(12-5-7)11-6-9(2,3)10/h4-5H,6,10H2,1-3H3. The molecule has 2 N–H and O–H groups in total. The number of aryl methyl sites for hydroxylation is 1. The van der Waals surface area contributed by atoms with E-state index >= 15 is 0 Å². The molecule has 0 radical (unpaired) electrons. The molecule has 0 unspecified atom stereocenters. The van der Waals surface area contributed by atoms with Crippen LogP contribution in [0.4, 0.5) is 0 Å². The molecule has 0 amide bonds. The number of thiophene rings is 1. The molecule has 1 aromatic rings. The Kier molecular flexibility index (Phi) is 2.75. The van der Waals surface area contributed by atoms with Crippen molar-refractivity contribution in [3.63, 3.8) is 0 Å². The van der Waals surface area contributed by atoms with Crippen LogP contribution in [0.15, 0.2) is 11.4 Å². The second-order valence-corrected chi connectivity index (χ2v) is 4.59. The van der Waals surface area contributed by atoms with Gasteiger partial charge in [-0.05, 0) is 37.8 Å². The van der Waals surface area contributed by atoms with Gasteiger partial charge < -0.3 is 10.5 Å². The summed E-state index contributed by atoms with van der Waals surface area (Å²) < 4.78 is 5.48. The second kappa shape index (κ2) is 3.46. The first-order valence-corrected chi connectivity index (χ1v) is 4.82. The first-order chi connectivity index (χ1) is 5.47. The molecule has 0 aliphatic heterocycles. The molecule has 0 atom stereocenters. The van der Waals surface area contributed by atoms with E-state index in [1.807, 2.05) is 19.9 Å². The summed E-state index contributed by atoms with van der Waals surface area (Å²) in [7, 11) is 0. The molecule has 0 spiro atoms. The van der Waals surface area contributed by atoms with Crippen LogP contribution in [0.5, 0.6) is 5.06 Å². The van der Waals surface area contributed by atoms with E-state index in [-0.39, 0.29) is 5.54 Å². The Balaban J connectivity index is 2.44. The number of nitrogens with two attached hydrogens (primary N) is 1. The molecule has 3 heteroatoms. The molecule has 0 saturated carbocycles. The predicted octanol–water partition coefficient (Wildman–Crippen LogP) is 2.17. The molecule has 0 bridgehead atoms. The van der Waals surface area contributed by atoms with Crippen LogP contribution in [-0.2, 0) is 0 Å². The maximum absolute atomic E-state index is 5.77. The van der Waals surface area contributed by atoms with Crippen molar-refractivity contribution in [3.8, 4) is 5.06 Å². The number of rotatable bonds is 3. The summed E-state index contributed by atoms with van der Waals surface area (Å²) in [5, 5.41) is 3.02. The van der Waals surface area contributed by atoms with Gasteiger partial charge in [-0.1, -0.05) is 0 Å². The van der Waals surface area contributed by atoms with E-state index in [4.69, 9.17) is 10.5 Å². The van der Waals surface area contributed by atoms with Gasteiger partial charge in [-0.3, -0.25) is 0 Å². The zero-order valence-corrected chi connectivity index (χ0v) is 8.57. The molecular formula is C9H15NOS. The Bertz CT molecular complexity index is 249. The minimum Gasteiger partial charge on any atom is -0.482 e. The summed E-state index contributed by atoms with van der Waals surface area (Å²) in [4.78, 5) is 0. The lowest BCUT2D eigenvalue weighted by Gasteiger charge is -2.17. The summed E-state index contributed by atoms with van der Waals surface area (Å²) in [6.45, 7) is 6.52. The summed E-state index contributed by atoms with van der Waals surface area (Å²) in [6.07, 6.45) is 0. The normalized spacial score (nSPS) is 11.7. The van der Waals surface area contributed by atoms with Gasteiger partial charge in [0.15, 0.2) is 5.06 Å². The van der Waals surface area contributed by atoms with E-state index in [1.54, 1.807) is 11.3 Å². The van der Waals surface area contributed by atoms with Crippen molar-refractivity contribution in [2.24, 2.45) is 5.73 Å². The van der Waals surface area contributed by atoms with Crippen LogP contribution in [0.2, 0.25) is 0 Å². The van der Waals surface area contributed by atoms with Gasteiger partial charge in [0.25, 0.3) is 0 Å². The molecule has 1 rings (SSSR count). The van der Waals surface area contributed by atoms with Gasteiger partial charge in [-0.15, -0.1) is 11.3 Å². The molecule has 0 aromatic carbocycles. The molecule has 12 heavy (non-hydrogen) atoms. The Hall–Kier alpha value is -0.540. The zero-order valence-electron chi connectivity index (χ0n) is 7.76. The lowest BCUT2D eigenvalue weighted by molar-refractivity contribution is 0.249. The molecule has 0 aliphatic carbocycles. The molecular weight excluding hydrogens is 170 g/mol. The molecule has 68 valence electrons. The topological polar surface area (TPSA) is 35.2 Å². The molecule has 2 nitrogen and oxygen atoms in total. The quantitative estimate of drug-likeness (QED) is 0.783. The molecule has 0 saturated heterocycles. The van der Waals surface area contributed by atoms with Crippen LogP contribution in [0.3, 0.4) is 0 Å². The van der Waals surface area contributed by atoms with Crippen molar-refractivity contribution >= 4 is 11.3 Å². The summed E-state index contributed by atoms with van der Waals surface area (Å²) in [6, 6.07) is 2.02. The van der Waals surface area contributed by atoms with E-state index in [0.29, 0.717) is 6.61 Å². The SMILES string of the molecule is Cc1csc(OCC(C)(C)N)c1. The van der Waals surface area contributed by atoms with Gasteiger partial charge in [-0.25, -0.2) is 0 Å². The first kappa shape index (κ1) is 9.55. The first-order valence-electron chi connectivity index (χ1n) is 3.94. The summed E-state index contributed by atoms with van der Waals surface area (Å²) >= 11 is 1.61. The zero-order chi connectivity index (χ0) is 9.19. The largest absolute Gasteiger partial charge is 0.482 e. The molecule has 0 aliphatic rings. The van der Waals surface area contributed by atoms with Gasteiger partial charge in [0.05, 0.1) is 0 Å². The third-order valence-corrected chi connectivity index (χ3v) is 2.25. The van der Waals surface area contributed by atoms with E-state index in [9.17, 15) is 0 Å². The average Bonchev–Trinajstić information content (AvgIpc) is 2.30. The molecule has 1 heterocycles. The average molecular weight is 185 g/mol. The van der Waals surface area contributed by atoms with Gasteiger partial charge >= 0.3 is 0 Å². The van der Waals surface area contributed by atoms with Gasteiger partial charge in [0.1, 0.15) is 6.61 Å². The van der Waals surface area contributed by atoms with E-state index in [0.717, 1.165) is 5.06 Å². The summed E-state index contributed by atoms with van der Waals surface area (Å²) in [5.74, 6) is 0. The third-order valence-electron chi connectivity index (χ3n) is 1.29. The smallest absolute Gasteiger partial charge is 0.174 e. The Morgan fingerprint density at radius 2 is 2.25 bits per heavy atom. The van der Waals surface area contributed by atoms with Crippen LogP contribution < -0.4 is 10.5 Å². The lowest BCUT2D eigenvalue weighted by atomic mass is 10.1. The molecule has 1 aromatic heterocycles.